The van der Waals surface area contributed by atoms with Crippen molar-refractivity contribution < 1.29 is 19.4 Å². The number of benzene rings is 2. The van der Waals surface area contributed by atoms with Crippen LogP contribution in [0.3, 0.4) is 0 Å². The Kier molecular flexibility index (Phi) is 8.50. The third-order valence-corrected chi connectivity index (χ3v) is 6.73. The fourth-order valence-corrected chi connectivity index (χ4v) is 5.78. The molecule has 2 aromatic rings. The Labute approximate surface area is 223 Å². The molecule has 0 spiro atoms. The van der Waals surface area contributed by atoms with Gasteiger partial charge in [-0.15, -0.1) is 0 Å². The number of carbonyl (C=O) groups excluding carboxylic acids is 1. The first-order valence-corrected chi connectivity index (χ1v) is 13.5. The monoisotopic (exact) mass is 512 g/mol. The summed E-state index contributed by atoms with van der Waals surface area (Å²) in [6, 6.07) is 11.2. The molecule has 0 aromatic heterocycles. The zero-order chi connectivity index (χ0) is 27.8. The first kappa shape index (κ1) is 29.6. The van der Waals surface area contributed by atoms with Crippen molar-refractivity contribution in [2.45, 2.75) is 123 Å². The number of fused-ring (bicyclic) bond motifs is 1. The van der Waals surface area contributed by atoms with Crippen molar-refractivity contribution in [2.75, 3.05) is 0 Å². The highest BCUT2D eigenvalue weighted by Crippen LogP contribution is 2.32. The molecule has 1 heterocycles. The number of carbonyl (C=O) groups is 1. The lowest BCUT2D eigenvalue weighted by molar-refractivity contribution is -0.152. The number of ether oxygens (including phenoxy) is 2. The van der Waals surface area contributed by atoms with Gasteiger partial charge in [-0.05, 0) is 88.8 Å². The SMILES string of the molecule is CC(C)(C)CC(CC(C)(C)N)OC(O)c1ccc2cc(C(=O)OC3CC(C)(C)NC(C)(C)C3)ccc2c1. The number of aliphatic hydroxyl groups excluding tert-OH is 1. The van der Waals surface area contributed by atoms with E-state index >= 15 is 0 Å². The lowest BCUT2D eigenvalue weighted by atomic mass is 9.81. The third-order valence-electron chi connectivity index (χ3n) is 6.73. The molecule has 6 nitrogen and oxygen atoms in total. The van der Waals surface area contributed by atoms with Crippen LogP contribution in [0.5, 0.6) is 0 Å². The lowest BCUT2D eigenvalue weighted by Gasteiger charge is -2.45. The van der Waals surface area contributed by atoms with Crippen LogP contribution in [0.4, 0.5) is 0 Å². The smallest absolute Gasteiger partial charge is 0.338 e. The summed E-state index contributed by atoms with van der Waals surface area (Å²) in [5.41, 5.74) is 6.93. The summed E-state index contributed by atoms with van der Waals surface area (Å²) < 4.78 is 12.0. The Balaban J connectivity index is 1.73. The Bertz CT molecular complexity index is 1060. The second kappa shape index (κ2) is 10.6. The maximum Gasteiger partial charge on any atom is 0.338 e. The van der Waals surface area contributed by atoms with E-state index in [9.17, 15) is 9.90 Å². The van der Waals surface area contributed by atoms with E-state index in [1.54, 1.807) is 6.07 Å². The fourth-order valence-electron chi connectivity index (χ4n) is 5.78. The molecular formula is C31H48N2O4. The zero-order valence-electron chi connectivity index (χ0n) is 24.3. The second-order valence-electron chi connectivity index (χ2n) is 14.2. The van der Waals surface area contributed by atoms with Crippen molar-refractivity contribution >= 4 is 16.7 Å². The number of nitrogens with one attached hydrogen (secondary N) is 1. The Morgan fingerprint density at radius 2 is 1.57 bits per heavy atom. The summed E-state index contributed by atoms with van der Waals surface area (Å²) in [6.45, 7) is 19.0. The molecule has 1 fully saturated rings. The lowest BCUT2D eigenvalue weighted by Crippen LogP contribution is -2.59. The second-order valence-corrected chi connectivity index (χ2v) is 14.2. The highest BCUT2D eigenvalue weighted by Gasteiger charge is 2.39. The minimum absolute atomic E-state index is 0.0453. The minimum Gasteiger partial charge on any atom is -0.459 e. The molecule has 0 amide bonds. The predicted molar refractivity (Wildman–Crippen MR) is 150 cm³/mol. The summed E-state index contributed by atoms with van der Waals surface area (Å²) in [7, 11) is 0. The normalized spacial score (nSPS) is 20.0. The molecule has 3 rings (SSSR count). The van der Waals surface area contributed by atoms with Gasteiger partial charge in [0.1, 0.15) is 6.10 Å². The number of hydrogen-bond donors (Lipinski definition) is 3. The van der Waals surface area contributed by atoms with E-state index in [1.165, 1.54) is 0 Å². The number of nitrogens with two attached hydrogens (primary N) is 1. The molecule has 1 aliphatic heterocycles. The van der Waals surface area contributed by atoms with Crippen molar-refractivity contribution in [3.05, 3.63) is 47.5 Å². The number of hydrogen-bond acceptors (Lipinski definition) is 6. The molecule has 1 saturated heterocycles. The number of rotatable bonds is 8. The third kappa shape index (κ3) is 9.06. The molecule has 2 unspecified atom stereocenters. The number of aliphatic hydroxyl groups is 1. The molecule has 6 heteroatoms. The van der Waals surface area contributed by atoms with Gasteiger partial charge in [-0.2, -0.15) is 0 Å². The van der Waals surface area contributed by atoms with Crippen molar-refractivity contribution in [1.82, 2.24) is 5.32 Å². The van der Waals surface area contributed by atoms with Crippen molar-refractivity contribution in [3.8, 4) is 0 Å². The zero-order valence-corrected chi connectivity index (χ0v) is 24.3. The average molecular weight is 513 g/mol. The molecule has 37 heavy (non-hydrogen) atoms. The summed E-state index contributed by atoms with van der Waals surface area (Å²) in [5.74, 6) is -0.303. The van der Waals surface area contributed by atoms with Crippen LogP contribution < -0.4 is 11.1 Å². The van der Waals surface area contributed by atoms with E-state index in [4.69, 9.17) is 15.2 Å². The van der Waals surface area contributed by atoms with Crippen LogP contribution >= 0.6 is 0 Å². The van der Waals surface area contributed by atoms with E-state index < -0.39 is 11.8 Å². The van der Waals surface area contributed by atoms with Crippen LogP contribution in [0, 0.1) is 5.41 Å². The van der Waals surface area contributed by atoms with Gasteiger partial charge in [0.25, 0.3) is 0 Å². The quantitative estimate of drug-likeness (QED) is 0.286. The van der Waals surface area contributed by atoms with Gasteiger partial charge in [0.05, 0.1) is 11.7 Å². The first-order valence-electron chi connectivity index (χ1n) is 13.5. The topological polar surface area (TPSA) is 93.8 Å². The van der Waals surface area contributed by atoms with Crippen LogP contribution in [0.15, 0.2) is 36.4 Å². The molecule has 4 N–H and O–H groups in total. The molecule has 206 valence electrons. The highest BCUT2D eigenvalue weighted by molar-refractivity contribution is 5.95. The van der Waals surface area contributed by atoms with Gasteiger partial charge >= 0.3 is 5.97 Å². The average Bonchev–Trinajstić information content (AvgIpc) is 2.67. The minimum atomic E-state index is -1.06. The molecule has 1 aliphatic rings. The molecule has 0 radical (unpaired) electrons. The maximum absolute atomic E-state index is 13.0. The highest BCUT2D eigenvalue weighted by atomic mass is 16.6. The van der Waals surface area contributed by atoms with Crippen LogP contribution in [0.2, 0.25) is 0 Å². The van der Waals surface area contributed by atoms with Gasteiger partial charge < -0.3 is 25.6 Å². The van der Waals surface area contributed by atoms with Crippen LogP contribution in [0.1, 0.15) is 110 Å². The van der Waals surface area contributed by atoms with Crippen molar-refractivity contribution in [3.63, 3.8) is 0 Å². The predicted octanol–water partition coefficient (Wildman–Crippen LogP) is 6.25. The molecule has 0 saturated carbocycles. The standard InChI is InChI=1S/C31H48N2O4/c1-28(2,3)16-24(17-29(4,5)32)36-26(34)22-12-10-21-15-23(13-11-20(21)14-22)27(35)37-25-18-30(6,7)33-31(8,9)19-25/h10-15,24-26,33-34H,16-19,32H2,1-9H3. The van der Waals surface area contributed by atoms with E-state index in [2.05, 4.69) is 53.8 Å². The van der Waals surface area contributed by atoms with Gasteiger partial charge in [0, 0.05) is 35.0 Å². The summed E-state index contributed by atoms with van der Waals surface area (Å²) in [5, 5.41) is 16.4. The molecule has 0 aliphatic carbocycles. The van der Waals surface area contributed by atoms with Crippen LogP contribution in [0.25, 0.3) is 10.8 Å². The van der Waals surface area contributed by atoms with E-state index in [1.807, 2.05) is 44.2 Å². The van der Waals surface area contributed by atoms with Gasteiger partial charge in [-0.3, -0.25) is 0 Å². The van der Waals surface area contributed by atoms with Gasteiger partial charge in [-0.1, -0.05) is 39.0 Å². The van der Waals surface area contributed by atoms with Crippen LogP contribution in [-0.4, -0.2) is 39.9 Å². The van der Waals surface area contributed by atoms with Crippen molar-refractivity contribution in [1.29, 1.82) is 0 Å². The molecule has 2 atom stereocenters. The number of piperidine rings is 1. The Hall–Kier alpha value is -1.99. The summed E-state index contributed by atoms with van der Waals surface area (Å²) >= 11 is 0. The summed E-state index contributed by atoms with van der Waals surface area (Å²) in [6.07, 6.45) is 1.61. The first-order chi connectivity index (χ1) is 16.8. The molecule has 0 bridgehead atoms. The van der Waals surface area contributed by atoms with E-state index in [-0.39, 0.29) is 34.7 Å². The van der Waals surface area contributed by atoms with Crippen LogP contribution in [-0.2, 0) is 9.47 Å². The van der Waals surface area contributed by atoms with Gasteiger partial charge in [0.2, 0.25) is 0 Å². The Morgan fingerprint density at radius 1 is 1.00 bits per heavy atom. The van der Waals surface area contributed by atoms with Gasteiger partial charge in [0.15, 0.2) is 6.29 Å². The Morgan fingerprint density at radius 3 is 2.14 bits per heavy atom. The largest absolute Gasteiger partial charge is 0.459 e. The maximum atomic E-state index is 13.0. The summed E-state index contributed by atoms with van der Waals surface area (Å²) in [4.78, 5) is 13.0. The van der Waals surface area contributed by atoms with Crippen molar-refractivity contribution in [2.24, 2.45) is 11.1 Å². The van der Waals surface area contributed by atoms with E-state index in [0.717, 1.165) is 30.0 Å². The molecular weight excluding hydrogens is 464 g/mol. The van der Waals surface area contributed by atoms with E-state index in [0.29, 0.717) is 17.5 Å². The fraction of sp³-hybridized carbons (Fsp3) is 0.645. The number of esters is 1. The van der Waals surface area contributed by atoms with Gasteiger partial charge in [-0.25, -0.2) is 4.79 Å². The molecule has 2 aromatic carbocycles.